The van der Waals surface area contributed by atoms with E-state index in [1.807, 2.05) is 39.0 Å². The second-order valence-corrected chi connectivity index (χ2v) is 9.00. The lowest BCUT2D eigenvalue weighted by Crippen LogP contribution is -2.52. The van der Waals surface area contributed by atoms with Gasteiger partial charge in [-0.1, -0.05) is 58.2 Å². The Morgan fingerprint density at radius 1 is 1.17 bits per heavy atom. The van der Waals surface area contributed by atoms with Crippen LogP contribution in [0.5, 0.6) is 0 Å². The fourth-order valence-corrected chi connectivity index (χ4v) is 4.03. The van der Waals surface area contributed by atoms with Crippen molar-refractivity contribution in [2.45, 2.75) is 65.5 Å². The van der Waals surface area contributed by atoms with Gasteiger partial charge in [-0.05, 0) is 24.3 Å². The van der Waals surface area contributed by atoms with Crippen LogP contribution in [0.3, 0.4) is 0 Å². The maximum atomic E-state index is 12.9. The maximum absolute atomic E-state index is 12.9. The summed E-state index contributed by atoms with van der Waals surface area (Å²) in [4.78, 5) is 37.5. The highest BCUT2D eigenvalue weighted by atomic mass is 16.2. The predicted octanol–water partition coefficient (Wildman–Crippen LogP) is 2.82. The molecule has 2 aromatic rings. The highest BCUT2D eigenvalue weighted by molar-refractivity contribution is 6.06. The van der Waals surface area contributed by atoms with Crippen LogP contribution in [-0.4, -0.2) is 33.4 Å². The number of hydrogen-bond acceptors (Lipinski definition) is 4. The quantitative estimate of drug-likeness (QED) is 0.780. The van der Waals surface area contributed by atoms with Gasteiger partial charge in [-0.15, -0.1) is 0 Å². The van der Waals surface area contributed by atoms with Crippen LogP contribution >= 0.6 is 0 Å². The number of Topliss-reactive ketones (excluding diaryl/α,β-unsaturated/α-hetero) is 1. The summed E-state index contributed by atoms with van der Waals surface area (Å²) in [6.45, 7) is 5.66. The first-order valence-corrected chi connectivity index (χ1v) is 10.3. The van der Waals surface area contributed by atoms with Gasteiger partial charge in [-0.25, -0.2) is 0 Å². The third-order valence-electron chi connectivity index (χ3n) is 5.67. The molecule has 0 unspecified atom stereocenters. The SMILES string of the molecule is CC(C)(C)[C@H](NC(=O)c1nn(CC(=O)C2CCCCC2)c2ccccc12)C(N)=O. The number of amides is 2. The van der Waals surface area contributed by atoms with Crippen LogP contribution in [0, 0.1) is 11.3 Å². The van der Waals surface area contributed by atoms with Gasteiger partial charge >= 0.3 is 0 Å². The van der Waals surface area contributed by atoms with Crippen LogP contribution in [0.15, 0.2) is 24.3 Å². The van der Waals surface area contributed by atoms with Crippen molar-refractivity contribution in [3.8, 4) is 0 Å². The van der Waals surface area contributed by atoms with Crippen LogP contribution in [-0.2, 0) is 16.1 Å². The second kappa shape index (κ2) is 8.35. The molecule has 1 aliphatic rings. The van der Waals surface area contributed by atoms with Crippen LogP contribution in [0.4, 0.5) is 0 Å². The van der Waals surface area contributed by atoms with E-state index in [4.69, 9.17) is 5.73 Å². The summed E-state index contributed by atoms with van der Waals surface area (Å²) in [7, 11) is 0. The number of carbonyl (C=O) groups is 3. The molecule has 0 bridgehead atoms. The maximum Gasteiger partial charge on any atom is 0.273 e. The zero-order chi connectivity index (χ0) is 21.2. The fraction of sp³-hybridized carbons (Fsp3) is 0.545. The Bertz CT molecular complexity index is 920. The molecule has 1 heterocycles. The summed E-state index contributed by atoms with van der Waals surface area (Å²) >= 11 is 0. The number of ketones is 1. The first-order valence-electron chi connectivity index (χ1n) is 10.3. The number of nitrogens with zero attached hydrogens (tertiary/aromatic N) is 2. The van der Waals surface area contributed by atoms with Crippen molar-refractivity contribution in [1.82, 2.24) is 15.1 Å². The molecule has 1 saturated carbocycles. The van der Waals surface area contributed by atoms with Gasteiger partial charge in [0.25, 0.3) is 5.91 Å². The Balaban J connectivity index is 1.88. The van der Waals surface area contributed by atoms with Crippen molar-refractivity contribution >= 4 is 28.5 Å². The van der Waals surface area contributed by atoms with Gasteiger partial charge in [0.15, 0.2) is 11.5 Å². The van der Waals surface area contributed by atoms with E-state index in [2.05, 4.69) is 10.4 Å². The van der Waals surface area contributed by atoms with Crippen LogP contribution in [0.2, 0.25) is 0 Å². The van der Waals surface area contributed by atoms with E-state index in [0.717, 1.165) is 31.2 Å². The zero-order valence-corrected chi connectivity index (χ0v) is 17.4. The van der Waals surface area contributed by atoms with Gasteiger partial charge in [0, 0.05) is 11.3 Å². The monoisotopic (exact) mass is 398 g/mol. The van der Waals surface area contributed by atoms with Crippen LogP contribution < -0.4 is 11.1 Å². The number of fused-ring (bicyclic) bond motifs is 1. The van der Waals surface area contributed by atoms with Gasteiger partial charge in [0.1, 0.15) is 12.6 Å². The highest BCUT2D eigenvalue weighted by Gasteiger charge is 2.32. The minimum Gasteiger partial charge on any atom is -0.368 e. The highest BCUT2D eigenvalue weighted by Crippen LogP contribution is 2.26. The molecule has 0 saturated heterocycles. The predicted molar refractivity (Wildman–Crippen MR) is 111 cm³/mol. The number of hydrogen-bond donors (Lipinski definition) is 2. The van der Waals surface area contributed by atoms with Crippen molar-refractivity contribution in [3.05, 3.63) is 30.0 Å². The number of benzene rings is 1. The minimum atomic E-state index is -0.831. The number of carbonyl (C=O) groups excluding carboxylic acids is 3. The molecule has 0 radical (unpaired) electrons. The average Bonchev–Trinajstić information content (AvgIpc) is 3.04. The molecule has 2 amide bonds. The first-order chi connectivity index (χ1) is 13.7. The fourth-order valence-electron chi connectivity index (χ4n) is 4.03. The molecule has 3 rings (SSSR count). The van der Waals surface area contributed by atoms with Gasteiger partial charge < -0.3 is 11.1 Å². The van der Waals surface area contributed by atoms with E-state index in [-0.39, 0.29) is 23.9 Å². The van der Waals surface area contributed by atoms with Gasteiger partial charge in [-0.2, -0.15) is 5.10 Å². The molecule has 1 aromatic carbocycles. The van der Waals surface area contributed by atoms with Crippen molar-refractivity contribution in [1.29, 1.82) is 0 Å². The Morgan fingerprint density at radius 3 is 2.45 bits per heavy atom. The third-order valence-corrected chi connectivity index (χ3v) is 5.67. The Hall–Kier alpha value is -2.70. The molecule has 7 nitrogen and oxygen atoms in total. The van der Waals surface area contributed by atoms with Crippen LogP contribution in [0.25, 0.3) is 10.9 Å². The molecule has 29 heavy (non-hydrogen) atoms. The summed E-state index contributed by atoms with van der Waals surface area (Å²) < 4.78 is 1.61. The minimum absolute atomic E-state index is 0.0733. The average molecular weight is 399 g/mol. The lowest BCUT2D eigenvalue weighted by molar-refractivity contribution is -0.124. The van der Waals surface area contributed by atoms with Gasteiger partial charge in [-0.3, -0.25) is 19.1 Å². The standard InChI is InChI=1S/C22H30N4O3/c1-22(2,3)19(20(23)28)24-21(29)18-15-11-7-8-12-16(15)26(25-18)13-17(27)14-9-5-4-6-10-14/h7-8,11-12,14,19H,4-6,9-10,13H2,1-3H3,(H2,23,28)(H,24,29)/t19-/m1/s1. The van der Waals surface area contributed by atoms with Crippen LogP contribution in [0.1, 0.15) is 63.4 Å². The Labute approximate surface area is 171 Å². The number of para-hydroxylation sites is 1. The molecule has 156 valence electrons. The molecule has 0 spiro atoms. The molecule has 7 heteroatoms. The van der Waals surface area contributed by atoms with E-state index < -0.39 is 23.3 Å². The van der Waals surface area contributed by atoms with E-state index in [1.54, 1.807) is 10.7 Å². The molecule has 1 atom stereocenters. The summed E-state index contributed by atoms with van der Waals surface area (Å²) in [5.41, 5.74) is 5.89. The zero-order valence-electron chi connectivity index (χ0n) is 17.4. The molecular weight excluding hydrogens is 368 g/mol. The number of aromatic nitrogens is 2. The van der Waals surface area contributed by atoms with E-state index in [9.17, 15) is 14.4 Å². The number of nitrogens with two attached hydrogens (primary N) is 1. The summed E-state index contributed by atoms with van der Waals surface area (Å²) in [5.74, 6) is -0.829. The summed E-state index contributed by atoms with van der Waals surface area (Å²) in [5, 5.41) is 7.82. The topological polar surface area (TPSA) is 107 Å². The molecule has 1 aliphatic carbocycles. The van der Waals surface area contributed by atoms with Crippen molar-refractivity contribution < 1.29 is 14.4 Å². The van der Waals surface area contributed by atoms with E-state index in [0.29, 0.717) is 5.39 Å². The van der Waals surface area contributed by atoms with Gasteiger partial charge in [0.2, 0.25) is 5.91 Å². The third kappa shape index (κ3) is 4.66. The number of rotatable bonds is 6. The van der Waals surface area contributed by atoms with Crippen molar-refractivity contribution in [3.63, 3.8) is 0 Å². The smallest absolute Gasteiger partial charge is 0.273 e. The molecular formula is C22H30N4O3. The van der Waals surface area contributed by atoms with E-state index >= 15 is 0 Å². The summed E-state index contributed by atoms with van der Waals surface area (Å²) in [6.07, 6.45) is 5.22. The Kier molecular flexibility index (Phi) is 6.05. The van der Waals surface area contributed by atoms with Crippen molar-refractivity contribution in [2.24, 2.45) is 17.1 Å². The van der Waals surface area contributed by atoms with Crippen molar-refractivity contribution in [2.75, 3.05) is 0 Å². The normalized spacial score (nSPS) is 16.5. The lowest BCUT2D eigenvalue weighted by atomic mass is 9.86. The number of nitrogens with one attached hydrogen (secondary N) is 1. The Morgan fingerprint density at radius 2 is 1.83 bits per heavy atom. The van der Waals surface area contributed by atoms with Gasteiger partial charge in [0.05, 0.1) is 5.52 Å². The lowest BCUT2D eigenvalue weighted by Gasteiger charge is -2.28. The second-order valence-electron chi connectivity index (χ2n) is 9.00. The first kappa shape index (κ1) is 21.0. The molecule has 3 N–H and O–H groups in total. The molecule has 0 aliphatic heterocycles. The summed E-state index contributed by atoms with van der Waals surface area (Å²) in [6, 6.07) is 6.50. The largest absolute Gasteiger partial charge is 0.368 e. The molecule has 1 fully saturated rings. The molecule has 1 aromatic heterocycles. The van der Waals surface area contributed by atoms with E-state index in [1.165, 1.54) is 6.42 Å². The number of primary amides is 1.